The van der Waals surface area contributed by atoms with Gasteiger partial charge >= 0.3 is 6.18 Å². The third kappa shape index (κ3) is 10.9. The molecular weight excluding hydrogens is 994 g/mol. The first-order valence-electron chi connectivity index (χ1n) is 27.6. The number of carbonyl (C=O) groups excluding carboxylic acids is 1. The Hall–Kier alpha value is -8.29. The highest BCUT2D eigenvalue weighted by Gasteiger charge is 2.40. The summed E-state index contributed by atoms with van der Waals surface area (Å²) >= 11 is 0. The molecule has 0 radical (unpaired) electrons. The molecule has 2 aliphatic rings. The van der Waals surface area contributed by atoms with Gasteiger partial charge in [-0.3, -0.25) is 4.79 Å². The van der Waals surface area contributed by atoms with Crippen LogP contribution in [0.1, 0.15) is 121 Å². The summed E-state index contributed by atoms with van der Waals surface area (Å²) in [6, 6.07) is 52.6. The molecule has 0 atom stereocenters. The lowest BCUT2D eigenvalue weighted by atomic mass is 9.82. The second-order valence-electron chi connectivity index (χ2n) is 23.5. The molecule has 4 nitrogen and oxygen atoms in total. The average molecular weight is 1060 g/mol. The van der Waals surface area contributed by atoms with Crippen LogP contribution in [0.15, 0.2) is 198 Å². The minimum absolute atomic E-state index is 0.0569. The van der Waals surface area contributed by atoms with Crippen molar-refractivity contribution in [1.82, 2.24) is 4.57 Å². The summed E-state index contributed by atoms with van der Waals surface area (Å²) in [5.74, 6) is 0.641. The van der Waals surface area contributed by atoms with E-state index in [1.807, 2.05) is 92.0 Å². The van der Waals surface area contributed by atoms with Crippen LogP contribution in [0, 0.1) is 20.8 Å². The van der Waals surface area contributed by atoms with Gasteiger partial charge in [-0.25, -0.2) is 4.99 Å². The van der Waals surface area contributed by atoms with Gasteiger partial charge in [-0.2, -0.15) is 13.2 Å². The molecule has 80 heavy (non-hydrogen) atoms. The number of alkyl halides is 3. The summed E-state index contributed by atoms with van der Waals surface area (Å²) in [5.41, 5.74) is 16.7. The van der Waals surface area contributed by atoms with Gasteiger partial charge in [0, 0.05) is 41.3 Å². The highest BCUT2D eigenvalue weighted by atomic mass is 19.4. The van der Waals surface area contributed by atoms with Crippen molar-refractivity contribution in [1.29, 1.82) is 0 Å². The zero-order chi connectivity index (χ0) is 56.8. The standard InChI is InChI=1S/C73H69F3N2O2/c1-45-28-29-49-34-39-57(44-54(49)43-45)80-40-20-27-60(79)65-62(50-21-14-12-15-22-50)68(77-67(65)52-30-35-55(36-31-52)71(5,6)7)66(61-47(3)41-46(2)42-48(61)4)70-63(51-23-16-13-17-24-51)64(58-25-18-19-26-59(58)73(74,75)76)69(78(70)11)53-32-37-56(38-33-53)72(8,9)10/h12-19,21-26,28-39,41-42,44H,1,20,27,40,43H2,2-11H3/b68-66-. The molecule has 0 spiro atoms. The van der Waals surface area contributed by atoms with Crippen molar-refractivity contribution in [3.05, 3.63) is 260 Å². The van der Waals surface area contributed by atoms with Crippen LogP contribution in [0.25, 0.3) is 50.7 Å². The van der Waals surface area contributed by atoms with E-state index in [0.29, 0.717) is 63.7 Å². The quantitative estimate of drug-likeness (QED) is 0.108. The van der Waals surface area contributed by atoms with Gasteiger partial charge in [-0.15, -0.1) is 0 Å². The van der Waals surface area contributed by atoms with E-state index in [1.165, 1.54) is 12.1 Å². The van der Waals surface area contributed by atoms with Gasteiger partial charge in [0.2, 0.25) is 0 Å². The van der Waals surface area contributed by atoms with E-state index in [2.05, 4.69) is 140 Å². The molecule has 0 bridgehead atoms. The van der Waals surface area contributed by atoms with Crippen LogP contribution in [-0.4, -0.2) is 22.7 Å². The van der Waals surface area contributed by atoms with E-state index in [-0.39, 0.29) is 28.6 Å². The zero-order valence-electron chi connectivity index (χ0n) is 47.6. The number of carbonyl (C=O) groups is 1. The van der Waals surface area contributed by atoms with Crippen molar-refractivity contribution in [3.8, 4) is 39.3 Å². The Balaban J connectivity index is 1.31. The van der Waals surface area contributed by atoms with Gasteiger partial charge in [-0.05, 0) is 124 Å². The second kappa shape index (κ2) is 21.7. The molecule has 0 amide bonds. The molecule has 0 saturated heterocycles. The lowest BCUT2D eigenvalue weighted by molar-refractivity contribution is -0.137. The first-order chi connectivity index (χ1) is 38.1. The number of aromatic nitrogens is 1. The SMILES string of the molecule is C=C1C=Cc2ccc(OCCCC(=O)C3=C(c4ccccc4)/C(=C(\c4c(C)cc(C)cc4C)c4c(-c5ccccc5)c(-c5ccccc5C(F)(F)F)c(-c5ccc(C(C)(C)C)cc5)n4C)N=C3c3ccc(C(C)(C)C)cc3)cc2C1. The highest BCUT2D eigenvalue weighted by molar-refractivity contribution is 6.37. The van der Waals surface area contributed by atoms with Crippen LogP contribution in [0.3, 0.4) is 0 Å². The van der Waals surface area contributed by atoms with Crippen LogP contribution in [0.2, 0.25) is 0 Å². The maximum Gasteiger partial charge on any atom is 0.417 e. The van der Waals surface area contributed by atoms with Crippen molar-refractivity contribution in [2.45, 2.75) is 98.6 Å². The first-order valence-corrected chi connectivity index (χ1v) is 27.6. The van der Waals surface area contributed by atoms with E-state index in [9.17, 15) is 0 Å². The molecule has 8 aromatic rings. The molecular formula is C73H69F3N2O2. The van der Waals surface area contributed by atoms with Crippen LogP contribution in [0.4, 0.5) is 13.2 Å². The fraction of sp³-hybridized carbons (Fsp3) is 0.233. The Morgan fingerprint density at radius 1 is 0.650 bits per heavy atom. The number of fused-ring (bicyclic) bond motifs is 1. The topological polar surface area (TPSA) is 43.6 Å². The van der Waals surface area contributed by atoms with Crippen LogP contribution in [0.5, 0.6) is 5.75 Å². The summed E-state index contributed by atoms with van der Waals surface area (Å²) in [4.78, 5) is 21.6. The lowest BCUT2D eigenvalue weighted by Crippen LogP contribution is -2.15. The third-order valence-electron chi connectivity index (χ3n) is 15.5. The lowest BCUT2D eigenvalue weighted by Gasteiger charge is -2.22. The van der Waals surface area contributed by atoms with Crippen molar-refractivity contribution < 1.29 is 22.7 Å². The number of aliphatic imine (C=N–C) groups is 1. The second-order valence-corrected chi connectivity index (χ2v) is 23.5. The monoisotopic (exact) mass is 1060 g/mol. The van der Waals surface area contributed by atoms with Gasteiger partial charge in [0.1, 0.15) is 5.75 Å². The first kappa shape index (κ1) is 55.0. The number of rotatable bonds is 13. The number of ketones is 1. The molecule has 7 aromatic carbocycles. The summed E-state index contributed by atoms with van der Waals surface area (Å²) in [6.07, 6.45) is 0.768. The number of nitrogens with zero attached hydrogens (tertiary/aromatic N) is 2. The van der Waals surface area contributed by atoms with Gasteiger partial charge < -0.3 is 9.30 Å². The number of allylic oxidation sites excluding steroid dienone is 4. The summed E-state index contributed by atoms with van der Waals surface area (Å²) in [7, 11) is 1.96. The van der Waals surface area contributed by atoms with Gasteiger partial charge in [0.25, 0.3) is 0 Å². The Morgan fingerprint density at radius 3 is 1.82 bits per heavy atom. The van der Waals surface area contributed by atoms with Gasteiger partial charge in [-0.1, -0.05) is 217 Å². The maximum atomic E-state index is 15.8. The summed E-state index contributed by atoms with van der Waals surface area (Å²) in [5, 5.41) is 0. The van der Waals surface area contributed by atoms with Crippen molar-refractivity contribution in [2.75, 3.05) is 6.61 Å². The number of Topliss-reactive ketones (excluding diaryl/α,β-unsaturated/α-hetero) is 1. The van der Waals surface area contributed by atoms with E-state index in [0.717, 1.165) is 84.5 Å². The summed E-state index contributed by atoms with van der Waals surface area (Å²) < 4.78 is 55.7. The van der Waals surface area contributed by atoms with Gasteiger partial charge in [0.05, 0.1) is 40.5 Å². The molecule has 1 aliphatic heterocycles. The fourth-order valence-electron chi connectivity index (χ4n) is 11.6. The van der Waals surface area contributed by atoms with E-state index in [4.69, 9.17) is 9.73 Å². The molecule has 7 heteroatoms. The average Bonchev–Trinajstić information content (AvgIpc) is 4.14. The smallest absolute Gasteiger partial charge is 0.417 e. The molecule has 1 aliphatic carbocycles. The summed E-state index contributed by atoms with van der Waals surface area (Å²) in [6.45, 7) is 23.7. The molecule has 0 unspecified atom stereocenters. The number of benzene rings is 7. The normalized spacial score (nSPS) is 14.4. The van der Waals surface area contributed by atoms with Gasteiger partial charge in [0.15, 0.2) is 5.78 Å². The van der Waals surface area contributed by atoms with E-state index < -0.39 is 11.7 Å². The molecule has 0 N–H and O–H groups in total. The number of halogens is 3. The minimum atomic E-state index is -4.69. The maximum absolute atomic E-state index is 15.8. The Bertz CT molecular complexity index is 3810. The molecule has 0 fully saturated rings. The third-order valence-corrected chi connectivity index (χ3v) is 15.5. The minimum Gasteiger partial charge on any atom is -0.494 e. The van der Waals surface area contributed by atoms with Crippen LogP contribution in [-0.2, 0) is 35.3 Å². The van der Waals surface area contributed by atoms with Crippen LogP contribution >= 0.6 is 0 Å². The number of ether oxygens (including phenoxy) is 1. The Morgan fingerprint density at radius 2 is 1.23 bits per heavy atom. The predicted molar refractivity (Wildman–Crippen MR) is 325 cm³/mol. The zero-order valence-corrected chi connectivity index (χ0v) is 47.6. The van der Waals surface area contributed by atoms with Crippen molar-refractivity contribution in [2.24, 2.45) is 12.0 Å². The predicted octanol–water partition coefficient (Wildman–Crippen LogP) is 18.8. The Kier molecular flexibility index (Phi) is 15.0. The fourth-order valence-corrected chi connectivity index (χ4v) is 11.6. The van der Waals surface area contributed by atoms with E-state index in [1.54, 1.807) is 12.1 Å². The van der Waals surface area contributed by atoms with Crippen LogP contribution < -0.4 is 4.74 Å². The molecule has 0 saturated carbocycles. The highest BCUT2D eigenvalue weighted by Crippen LogP contribution is 2.54. The van der Waals surface area contributed by atoms with Crippen molar-refractivity contribution >= 4 is 28.7 Å². The molecule has 1 aromatic heterocycles. The Labute approximate surface area is 470 Å². The molecule has 10 rings (SSSR count). The van der Waals surface area contributed by atoms with Crippen molar-refractivity contribution in [3.63, 3.8) is 0 Å². The van der Waals surface area contributed by atoms with E-state index >= 15 is 18.0 Å². The number of hydrogen-bond acceptors (Lipinski definition) is 3. The number of hydrogen-bond donors (Lipinski definition) is 0. The number of aryl methyl sites for hydroxylation is 3. The largest absolute Gasteiger partial charge is 0.494 e. The molecule has 404 valence electrons. The molecule has 2 heterocycles.